The first kappa shape index (κ1) is 22.9. The van der Waals surface area contributed by atoms with Crippen molar-refractivity contribution in [3.63, 3.8) is 0 Å². The Kier molecular flexibility index (Phi) is 5.37. The number of allylic oxidation sites excluding steroid dienone is 1. The van der Waals surface area contributed by atoms with Gasteiger partial charge in [0.15, 0.2) is 24.5 Å². The van der Waals surface area contributed by atoms with Crippen molar-refractivity contribution in [2.24, 2.45) is 0 Å². The first-order chi connectivity index (χ1) is 18.7. The molecule has 3 unspecified atom stereocenters. The molecule has 2 aromatic heterocycles. The lowest BCUT2D eigenvalue weighted by atomic mass is 9.76. The molecule has 5 aromatic rings. The monoisotopic (exact) mass is 492 g/mol. The maximum atomic E-state index is 4.35. The second kappa shape index (κ2) is 8.92. The van der Waals surface area contributed by atoms with E-state index >= 15 is 0 Å². The Morgan fingerprint density at radius 3 is 2.26 bits per heavy atom. The van der Waals surface area contributed by atoms with Gasteiger partial charge in [0.2, 0.25) is 11.4 Å². The van der Waals surface area contributed by atoms with E-state index in [-0.39, 0.29) is 18.0 Å². The van der Waals surface area contributed by atoms with Gasteiger partial charge < -0.3 is 0 Å². The topological polar surface area (TPSA) is 7.76 Å². The zero-order valence-corrected chi connectivity index (χ0v) is 22.0. The maximum Gasteiger partial charge on any atom is 0.213 e. The first-order valence-corrected chi connectivity index (χ1v) is 13.6. The van der Waals surface area contributed by atoms with Gasteiger partial charge in [0.1, 0.15) is 5.92 Å². The lowest BCUT2D eigenvalue weighted by molar-refractivity contribution is -0.739. The second-order valence-corrected chi connectivity index (χ2v) is 10.9. The minimum atomic E-state index is 0.135. The summed E-state index contributed by atoms with van der Waals surface area (Å²) in [5.41, 5.74) is 11.9. The number of aromatic nitrogens is 2. The molecule has 0 spiro atoms. The van der Waals surface area contributed by atoms with Crippen LogP contribution in [-0.4, -0.2) is 0 Å². The highest BCUT2D eigenvalue weighted by molar-refractivity contribution is 5.75. The van der Waals surface area contributed by atoms with E-state index in [2.05, 4.69) is 151 Å². The van der Waals surface area contributed by atoms with Gasteiger partial charge in [-0.25, -0.2) is 0 Å². The molecule has 2 aliphatic rings. The molecule has 0 aliphatic carbocycles. The Bertz CT molecular complexity index is 1680. The fourth-order valence-corrected chi connectivity index (χ4v) is 6.65. The average Bonchev–Trinajstić information content (AvgIpc) is 3.29. The summed E-state index contributed by atoms with van der Waals surface area (Å²) in [6.45, 7) is 8.90. The minimum absolute atomic E-state index is 0.135. The van der Waals surface area contributed by atoms with Crippen LogP contribution in [0.2, 0.25) is 0 Å². The van der Waals surface area contributed by atoms with Crippen LogP contribution < -0.4 is 9.13 Å². The van der Waals surface area contributed by atoms with Crippen LogP contribution in [0.1, 0.15) is 54.5 Å². The number of hydrogen-bond donors (Lipinski definition) is 0. The summed E-state index contributed by atoms with van der Waals surface area (Å²) < 4.78 is 4.94. The van der Waals surface area contributed by atoms with Gasteiger partial charge in [0.05, 0.1) is 11.1 Å². The van der Waals surface area contributed by atoms with Crippen LogP contribution in [0.5, 0.6) is 0 Å². The third-order valence-electron chi connectivity index (χ3n) is 8.49. The Morgan fingerprint density at radius 1 is 0.658 bits per heavy atom. The molecule has 0 radical (unpaired) electrons. The zero-order valence-electron chi connectivity index (χ0n) is 22.0. The molecule has 7 rings (SSSR count). The van der Waals surface area contributed by atoms with Gasteiger partial charge >= 0.3 is 0 Å². The summed E-state index contributed by atoms with van der Waals surface area (Å²) >= 11 is 0. The molecular formula is C36H32N2+2. The van der Waals surface area contributed by atoms with Crippen LogP contribution >= 0.6 is 0 Å². The largest absolute Gasteiger partial charge is 0.213 e. The standard InChI is InChI=1S/C36H32N2/c1-4-32-35(29-15-9-8-14-28(29)33-16-10-11-20-37(32)33)36-30-18-17-27(25-12-6-5-7-13-25)22-31(30)34-23-26(24(2)3)19-21-38(34)36/h4-24,32,35-36H,1H2,2-3H3/q+2. The van der Waals surface area contributed by atoms with Gasteiger partial charge in [-0.3, -0.25) is 0 Å². The molecule has 0 N–H and O–H groups in total. The first-order valence-electron chi connectivity index (χ1n) is 13.6. The Morgan fingerprint density at radius 2 is 1.45 bits per heavy atom. The smallest absolute Gasteiger partial charge is 0.191 e. The van der Waals surface area contributed by atoms with Gasteiger partial charge in [-0.1, -0.05) is 81.1 Å². The van der Waals surface area contributed by atoms with E-state index in [1.54, 1.807) is 0 Å². The van der Waals surface area contributed by atoms with Crippen LogP contribution in [0.15, 0.2) is 128 Å². The van der Waals surface area contributed by atoms with Gasteiger partial charge in [-0.15, -0.1) is 0 Å². The molecule has 184 valence electrons. The molecule has 0 fully saturated rings. The quantitative estimate of drug-likeness (QED) is 0.179. The van der Waals surface area contributed by atoms with Crippen LogP contribution in [0, 0.1) is 0 Å². The van der Waals surface area contributed by atoms with Crippen LogP contribution in [0.3, 0.4) is 0 Å². The third kappa shape index (κ3) is 3.40. The second-order valence-electron chi connectivity index (χ2n) is 10.9. The van der Waals surface area contributed by atoms with E-state index in [0.29, 0.717) is 5.92 Å². The fraction of sp³-hybridized carbons (Fsp3) is 0.167. The predicted molar refractivity (Wildman–Crippen MR) is 154 cm³/mol. The summed E-state index contributed by atoms with van der Waals surface area (Å²) in [5.74, 6) is 0.681. The van der Waals surface area contributed by atoms with Crippen molar-refractivity contribution >= 4 is 0 Å². The number of hydrogen-bond acceptors (Lipinski definition) is 0. The van der Waals surface area contributed by atoms with E-state index in [9.17, 15) is 0 Å². The van der Waals surface area contributed by atoms with Crippen molar-refractivity contribution in [1.29, 1.82) is 0 Å². The van der Waals surface area contributed by atoms with E-state index < -0.39 is 0 Å². The molecule has 4 heterocycles. The summed E-state index contributed by atoms with van der Waals surface area (Å²) in [4.78, 5) is 0. The van der Waals surface area contributed by atoms with E-state index in [0.717, 1.165) is 0 Å². The Hall–Kier alpha value is -4.30. The van der Waals surface area contributed by atoms with Crippen molar-refractivity contribution in [2.45, 2.75) is 37.8 Å². The van der Waals surface area contributed by atoms with Crippen LogP contribution in [0.4, 0.5) is 0 Å². The number of benzene rings is 3. The van der Waals surface area contributed by atoms with Crippen molar-refractivity contribution in [1.82, 2.24) is 0 Å². The van der Waals surface area contributed by atoms with Gasteiger partial charge in [0.25, 0.3) is 0 Å². The number of rotatable bonds is 4. The maximum absolute atomic E-state index is 4.35. The van der Waals surface area contributed by atoms with Crippen LogP contribution in [-0.2, 0) is 0 Å². The van der Waals surface area contributed by atoms with Gasteiger partial charge in [-0.05, 0) is 52.4 Å². The third-order valence-corrected chi connectivity index (χ3v) is 8.49. The molecule has 2 aliphatic heterocycles. The molecule has 3 aromatic carbocycles. The van der Waals surface area contributed by atoms with E-state index in [1.807, 2.05) is 0 Å². The van der Waals surface area contributed by atoms with Crippen molar-refractivity contribution in [3.05, 3.63) is 145 Å². The summed E-state index contributed by atoms with van der Waals surface area (Å²) in [6, 6.07) is 38.3. The Labute approximate surface area is 225 Å². The molecule has 0 saturated heterocycles. The highest BCUT2D eigenvalue weighted by Crippen LogP contribution is 2.50. The zero-order chi connectivity index (χ0) is 25.8. The highest BCUT2D eigenvalue weighted by atomic mass is 15.1. The normalized spacial score (nSPS) is 18.9. The highest BCUT2D eigenvalue weighted by Gasteiger charge is 2.51. The van der Waals surface area contributed by atoms with Crippen LogP contribution in [0.25, 0.3) is 33.6 Å². The van der Waals surface area contributed by atoms with Crippen molar-refractivity contribution in [2.75, 3.05) is 0 Å². The molecule has 0 bridgehead atoms. The fourth-order valence-electron chi connectivity index (χ4n) is 6.65. The lowest BCUT2D eigenvalue weighted by Gasteiger charge is -2.30. The Balaban J connectivity index is 1.48. The predicted octanol–water partition coefficient (Wildman–Crippen LogP) is 7.81. The molecule has 2 nitrogen and oxygen atoms in total. The molecule has 0 saturated carbocycles. The minimum Gasteiger partial charge on any atom is -0.191 e. The summed E-state index contributed by atoms with van der Waals surface area (Å²) in [6.07, 6.45) is 6.68. The SMILES string of the molecule is C=CC1C(C2c3ccc(-c4ccccc4)cc3-c3cc(C(C)C)cc[n+]32)c2ccccc2-c2cccc[n+]21. The number of pyridine rings is 2. The average molecular weight is 493 g/mol. The molecule has 38 heavy (non-hydrogen) atoms. The summed E-state index contributed by atoms with van der Waals surface area (Å²) in [7, 11) is 0. The van der Waals surface area contributed by atoms with E-state index in [4.69, 9.17) is 0 Å². The molecule has 3 atom stereocenters. The summed E-state index contributed by atoms with van der Waals surface area (Å²) in [5, 5.41) is 0. The van der Waals surface area contributed by atoms with Crippen molar-refractivity contribution < 1.29 is 9.13 Å². The molecular weight excluding hydrogens is 460 g/mol. The molecule has 2 heteroatoms. The lowest BCUT2D eigenvalue weighted by Crippen LogP contribution is -2.52. The number of fused-ring (bicyclic) bond motifs is 6. The molecule has 0 amide bonds. The van der Waals surface area contributed by atoms with E-state index in [1.165, 1.54) is 50.3 Å². The van der Waals surface area contributed by atoms with Crippen molar-refractivity contribution in [3.8, 4) is 33.6 Å². The number of nitrogens with zero attached hydrogens (tertiary/aromatic N) is 2. The van der Waals surface area contributed by atoms with Gasteiger partial charge in [0, 0.05) is 29.8 Å². The van der Waals surface area contributed by atoms with Gasteiger partial charge in [-0.2, -0.15) is 9.13 Å².